The molecule has 0 fully saturated rings. The van der Waals surface area contributed by atoms with Gasteiger partial charge in [0.05, 0.1) is 0 Å². The van der Waals surface area contributed by atoms with Gasteiger partial charge in [0.25, 0.3) is 0 Å². The van der Waals surface area contributed by atoms with Crippen LogP contribution in [-0.2, 0) is 4.79 Å². The zero-order valence-electron chi connectivity index (χ0n) is 9.53. The summed E-state index contributed by atoms with van der Waals surface area (Å²) in [5, 5.41) is 9.08. The fourth-order valence-corrected chi connectivity index (χ4v) is 1.64. The molecule has 1 aromatic carbocycles. The van der Waals surface area contributed by atoms with Crippen LogP contribution in [0.5, 0.6) is 11.5 Å². The van der Waals surface area contributed by atoms with Crippen molar-refractivity contribution in [2.24, 2.45) is 0 Å². The molecule has 0 unspecified atom stereocenters. The summed E-state index contributed by atoms with van der Waals surface area (Å²) in [6.07, 6.45) is 0. The van der Waals surface area contributed by atoms with Crippen LogP contribution in [0, 0.1) is 13.8 Å². The lowest BCUT2D eigenvalue weighted by Crippen LogP contribution is -2.49. The van der Waals surface area contributed by atoms with E-state index in [4.69, 9.17) is 14.6 Å². The fourth-order valence-electron chi connectivity index (χ4n) is 1.64. The number of carboxylic acid groups (broad SMARTS) is 1. The molecular weight excluding hydrogens is 208 g/mol. The quantitative estimate of drug-likeness (QED) is 0.788. The van der Waals surface area contributed by atoms with Crippen molar-refractivity contribution in [3.8, 4) is 11.5 Å². The van der Waals surface area contributed by atoms with Crippen LogP contribution in [0.15, 0.2) is 12.1 Å². The number of aliphatic carboxylic acids is 1. The lowest BCUT2D eigenvalue weighted by atomic mass is 10.0. The first kappa shape index (κ1) is 10.8. The molecule has 2 rings (SSSR count). The van der Waals surface area contributed by atoms with E-state index in [0.717, 1.165) is 11.1 Å². The van der Waals surface area contributed by atoms with Crippen LogP contribution in [0.4, 0.5) is 0 Å². The molecule has 1 aliphatic rings. The summed E-state index contributed by atoms with van der Waals surface area (Å²) in [4.78, 5) is 11.1. The first-order valence-corrected chi connectivity index (χ1v) is 5.09. The minimum absolute atomic E-state index is 0.0274. The Balaban J connectivity index is 2.48. The van der Waals surface area contributed by atoms with Gasteiger partial charge >= 0.3 is 5.97 Å². The highest BCUT2D eigenvalue weighted by molar-refractivity contribution is 5.78. The number of benzene rings is 1. The maximum absolute atomic E-state index is 11.1. The van der Waals surface area contributed by atoms with Gasteiger partial charge in [0, 0.05) is 0 Å². The summed E-state index contributed by atoms with van der Waals surface area (Å²) in [6, 6.07) is 3.83. The highest BCUT2D eigenvalue weighted by Gasteiger charge is 2.41. The summed E-state index contributed by atoms with van der Waals surface area (Å²) in [5.74, 6) is 0.175. The zero-order valence-corrected chi connectivity index (χ0v) is 9.53. The molecule has 0 aromatic heterocycles. The maximum Gasteiger partial charge on any atom is 0.351 e. The molecule has 0 amide bonds. The van der Waals surface area contributed by atoms with Gasteiger partial charge < -0.3 is 14.6 Å². The van der Waals surface area contributed by atoms with Gasteiger partial charge in [0.1, 0.15) is 6.61 Å². The zero-order chi connectivity index (χ0) is 11.9. The molecule has 16 heavy (non-hydrogen) atoms. The second-order valence-corrected chi connectivity index (χ2v) is 4.28. The van der Waals surface area contributed by atoms with Gasteiger partial charge in [-0.25, -0.2) is 4.79 Å². The topological polar surface area (TPSA) is 55.8 Å². The average molecular weight is 222 g/mol. The molecule has 1 aromatic rings. The van der Waals surface area contributed by atoms with Crippen molar-refractivity contribution in [2.45, 2.75) is 26.4 Å². The van der Waals surface area contributed by atoms with E-state index in [2.05, 4.69) is 0 Å². The second-order valence-electron chi connectivity index (χ2n) is 4.28. The number of rotatable bonds is 1. The van der Waals surface area contributed by atoms with E-state index in [1.54, 1.807) is 0 Å². The molecule has 0 radical (unpaired) electrons. The normalized spacial score (nSPS) is 22.9. The molecule has 1 aliphatic heterocycles. The highest BCUT2D eigenvalue weighted by Crippen LogP contribution is 2.40. The first-order chi connectivity index (χ1) is 7.44. The van der Waals surface area contributed by atoms with Crippen molar-refractivity contribution in [2.75, 3.05) is 6.61 Å². The Morgan fingerprint density at radius 1 is 1.31 bits per heavy atom. The SMILES string of the molecule is Cc1ccc(C)c2c1OC[C@@](C)(C(=O)O)O2. The van der Waals surface area contributed by atoms with E-state index < -0.39 is 11.6 Å². The number of carbonyl (C=O) groups is 1. The number of carboxylic acids is 1. The Kier molecular flexibility index (Phi) is 2.30. The van der Waals surface area contributed by atoms with E-state index >= 15 is 0 Å². The van der Waals surface area contributed by atoms with Gasteiger partial charge in [0.2, 0.25) is 5.60 Å². The van der Waals surface area contributed by atoms with Gasteiger partial charge in [0.15, 0.2) is 11.5 Å². The van der Waals surface area contributed by atoms with Crippen LogP contribution in [-0.4, -0.2) is 23.3 Å². The number of hydrogen-bond donors (Lipinski definition) is 1. The molecule has 0 saturated heterocycles. The van der Waals surface area contributed by atoms with Crippen molar-refractivity contribution in [1.29, 1.82) is 0 Å². The minimum Gasteiger partial charge on any atom is -0.485 e. The molecule has 0 saturated carbocycles. The molecule has 86 valence electrons. The molecule has 0 aliphatic carbocycles. The van der Waals surface area contributed by atoms with Gasteiger partial charge in [-0.2, -0.15) is 0 Å². The molecular formula is C12H14O4. The molecule has 0 bridgehead atoms. The van der Waals surface area contributed by atoms with Crippen molar-refractivity contribution in [3.63, 3.8) is 0 Å². The van der Waals surface area contributed by atoms with E-state index in [9.17, 15) is 4.79 Å². The van der Waals surface area contributed by atoms with Crippen molar-refractivity contribution in [1.82, 2.24) is 0 Å². The summed E-state index contributed by atoms with van der Waals surface area (Å²) >= 11 is 0. The second kappa shape index (κ2) is 3.40. The largest absolute Gasteiger partial charge is 0.485 e. The van der Waals surface area contributed by atoms with Crippen LogP contribution in [0.25, 0.3) is 0 Å². The molecule has 1 heterocycles. The van der Waals surface area contributed by atoms with Crippen molar-refractivity contribution < 1.29 is 19.4 Å². The van der Waals surface area contributed by atoms with Crippen LogP contribution >= 0.6 is 0 Å². The van der Waals surface area contributed by atoms with Gasteiger partial charge in [-0.15, -0.1) is 0 Å². The highest BCUT2D eigenvalue weighted by atomic mass is 16.6. The third kappa shape index (κ3) is 1.50. The first-order valence-electron chi connectivity index (χ1n) is 5.09. The van der Waals surface area contributed by atoms with Gasteiger partial charge in [-0.05, 0) is 31.9 Å². The summed E-state index contributed by atoms with van der Waals surface area (Å²) < 4.78 is 11.1. The Hall–Kier alpha value is -1.71. The lowest BCUT2D eigenvalue weighted by molar-refractivity contribution is -0.158. The average Bonchev–Trinajstić information content (AvgIpc) is 2.23. The monoisotopic (exact) mass is 222 g/mol. The number of hydrogen-bond acceptors (Lipinski definition) is 3. The van der Waals surface area contributed by atoms with Crippen LogP contribution in [0.1, 0.15) is 18.1 Å². The summed E-state index contributed by atoms with van der Waals surface area (Å²) in [7, 11) is 0. The summed E-state index contributed by atoms with van der Waals surface area (Å²) in [5.41, 5.74) is 0.534. The number of fused-ring (bicyclic) bond motifs is 1. The third-order valence-electron chi connectivity index (χ3n) is 2.78. The van der Waals surface area contributed by atoms with Crippen LogP contribution < -0.4 is 9.47 Å². The Labute approximate surface area is 93.8 Å². The molecule has 4 nitrogen and oxygen atoms in total. The smallest absolute Gasteiger partial charge is 0.351 e. The molecule has 4 heteroatoms. The lowest BCUT2D eigenvalue weighted by Gasteiger charge is -2.33. The van der Waals surface area contributed by atoms with Crippen LogP contribution in [0.2, 0.25) is 0 Å². The molecule has 1 atom stereocenters. The Morgan fingerprint density at radius 2 is 1.88 bits per heavy atom. The maximum atomic E-state index is 11.1. The number of ether oxygens (including phenoxy) is 2. The summed E-state index contributed by atoms with van der Waals surface area (Å²) in [6.45, 7) is 5.32. The fraction of sp³-hybridized carbons (Fsp3) is 0.417. The molecule has 1 N–H and O–H groups in total. The Morgan fingerprint density at radius 3 is 2.44 bits per heavy atom. The number of aryl methyl sites for hydroxylation is 2. The third-order valence-corrected chi connectivity index (χ3v) is 2.78. The van der Waals surface area contributed by atoms with Gasteiger partial charge in [-0.3, -0.25) is 0 Å². The van der Waals surface area contributed by atoms with Gasteiger partial charge in [-0.1, -0.05) is 12.1 Å². The van der Waals surface area contributed by atoms with E-state index in [1.165, 1.54) is 6.92 Å². The molecule has 0 spiro atoms. The van der Waals surface area contributed by atoms with E-state index in [1.807, 2.05) is 26.0 Å². The van der Waals surface area contributed by atoms with E-state index in [-0.39, 0.29) is 6.61 Å². The predicted octanol–water partition coefficient (Wildman–Crippen LogP) is 1.92. The standard InChI is InChI=1S/C12H14O4/c1-7-4-5-8(2)10-9(7)15-6-12(3,16-10)11(13)14/h4-5H,6H2,1-3H3,(H,13,14)/t12-/m0/s1. The van der Waals surface area contributed by atoms with Crippen LogP contribution in [0.3, 0.4) is 0 Å². The van der Waals surface area contributed by atoms with Crippen molar-refractivity contribution in [3.05, 3.63) is 23.3 Å². The predicted molar refractivity (Wildman–Crippen MR) is 58.1 cm³/mol. The van der Waals surface area contributed by atoms with Crippen molar-refractivity contribution >= 4 is 5.97 Å². The minimum atomic E-state index is -1.30. The van der Waals surface area contributed by atoms with E-state index in [0.29, 0.717) is 11.5 Å². The Bertz CT molecular complexity index is 453.